The fraction of sp³-hybridized carbons (Fsp3) is 0.121. The van der Waals surface area contributed by atoms with Crippen LogP contribution in [0.2, 0.25) is 0 Å². The zero-order chi connectivity index (χ0) is 24.0. The maximum Gasteiger partial charge on any atom is 0.145 e. The number of ether oxygens (including phenoxy) is 1. The van der Waals surface area contributed by atoms with Gasteiger partial charge in [0.05, 0.1) is 10.9 Å². The van der Waals surface area contributed by atoms with Gasteiger partial charge in [-0.2, -0.15) is 0 Å². The van der Waals surface area contributed by atoms with Crippen molar-refractivity contribution < 1.29 is 4.74 Å². The largest absolute Gasteiger partial charge is 0.456 e. The highest BCUT2D eigenvalue weighted by Crippen LogP contribution is 2.46. The average Bonchev–Trinajstić information content (AvgIpc) is 2.88. The first kappa shape index (κ1) is 21.4. The first-order valence-electron chi connectivity index (χ1n) is 12.1. The van der Waals surface area contributed by atoms with Crippen LogP contribution in [0.25, 0.3) is 43.6 Å². The number of hydrogen-bond donors (Lipinski definition) is 0. The zero-order valence-corrected chi connectivity index (χ0v) is 20.2. The molecule has 0 bridgehead atoms. The SMILES string of the molecule is CC(C)(C)c1ccc(Oc2c3ccccc3c(-c3ccccc3)c3ncc4ccccc4c23)cc1. The summed E-state index contributed by atoms with van der Waals surface area (Å²) in [5.41, 5.74) is 4.62. The van der Waals surface area contributed by atoms with Gasteiger partial charge in [0.15, 0.2) is 0 Å². The zero-order valence-electron chi connectivity index (χ0n) is 20.2. The summed E-state index contributed by atoms with van der Waals surface area (Å²) in [6.07, 6.45) is 1.97. The average molecular weight is 454 g/mol. The van der Waals surface area contributed by atoms with Crippen LogP contribution in [-0.4, -0.2) is 4.98 Å². The Bertz CT molecular complexity index is 1680. The van der Waals surface area contributed by atoms with Crippen molar-refractivity contribution in [1.29, 1.82) is 0 Å². The molecule has 0 aliphatic rings. The minimum atomic E-state index is 0.0926. The van der Waals surface area contributed by atoms with Gasteiger partial charge in [-0.05, 0) is 39.4 Å². The summed E-state index contributed by atoms with van der Waals surface area (Å²) in [5, 5.41) is 5.50. The van der Waals surface area contributed by atoms with Gasteiger partial charge in [0.1, 0.15) is 11.5 Å². The molecule has 0 spiro atoms. The Morgan fingerprint density at radius 1 is 0.629 bits per heavy atom. The van der Waals surface area contributed by atoms with Crippen LogP contribution in [0.5, 0.6) is 11.5 Å². The lowest BCUT2D eigenvalue weighted by atomic mass is 9.87. The van der Waals surface area contributed by atoms with Crippen molar-refractivity contribution in [2.75, 3.05) is 0 Å². The lowest BCUT2D eigenvalue weighted by molar-refractivity contribution is 0.492. The molecule has 6 rings (SSSR count). The van der Waals surface area contributed by atoms with Crippen LogP contribution in [0, 0.1) is 0 Å². The number of benzene rings is 5. The van der Waals surface area contributed by atoms with Gasteiger partial charge < -0.3 is 4.74 Å². The van der Waals surface area contributed by atoms with E-state index in [-0.39, 0.29) is 5.41 Å². The number of hydrogen-bond acceptors (Lipinski definition) is 2. The summed E-state index contributed by atoms with van der Waals surface area (Å²) in [6, 6.07) is 35.9. The highest BCUT2D eigenvalue weighted by atomic mass is 16.5. The lowest BCUT2D eigenvalue weighted by Crippen LogP contribution is -2.10. The van der Waals surface area contributed by atoms with Gasteiger partial charge in [0, 0.05) is 22.5 Å². The predicted molar refractivity (Wildman–Crippen MR) is 147 cm³/mol. The Kier molecular flexibility index (Phi) is 5.04. The van der Waals surface area contributed by atoms with Crippen molar-refractivity contribution in [1.82, 2.24) is 4.98 Å². The monoisotopic (exact) mass is 453 g/mol. The lowest BCUT2D eigenvalue weighted by Gasteiger charge is -2.20. The van der Waals surface area contributed by atoms with Gasteiger partial charge in [-0.15, -0.1) is 0 Å². The summed E-state index contributed by atoms with van der Waals surface area (Å²) in [4.78, 5) is 5.00. The molecule has 0 saturated carbocycles. The molecule has 2 heteroatoms. The van der Waals surface area contributed by atoms with Crippen LogP contribution in [0.4, 0.5) is 0 Å². The molecular formula is C33H27NO. The minimum Gasteiger partial charge on any atom is -0.456 e. The molecular weight excluding hydrogens is 426 g/mol. The van der Waals surface area contributed by atoms with Crippen LogP contribution in [0.3, 0.4) is 0 Å². The number of nitrogens with zero attached hydrogens (tertiary/aromatic N) is 1. The normalized spacial score (nSPS) is 11.9. The van der Waals surface area contributed by atoms with E-state index in [1.54, 1.807) is 0 Å². The maximum absolute atomic E-state index is 6.73. The Hall–Kier alpha value is -4.17. The quantitative estimate of drug-likeness (QED) is 0.197. The molecule has 35 heavy (non-hydrogen) atoms. The highest BCUT2D eigenvalue weighted by Gasteiger charge is 2.20. The Morgan fingerprint density at radius 2 is 1.26 bits per heavy atom. The van der Waals surface area contributed by atoms with Gasteiger partial charge in [-0.25, -0.2) is 0 Å². The van der Waals surface area contributed by atoms with Crippen LogP contribution in [-0.2, 0) is 5.41 Å². The second-order valence-corrected chi connectivity index (χ2v) is 10.1. The molecule has 5 aromatic carbocycles. The Morgan fingerprint density at radius 3 is 1.97 bits per heavy atom. The first-order chi connectivity index (χ1) is 17.0. The summed E-state index contributed by atoms with van der Waals surface area (Å²) < 4.78 is 6.73. The van der Waals surface area contributed by atoms with E-state index in [9.17, 15) is 0 Å². The van der Waals surface area contributed by atoms with E-state index in [1.165, 1.54) is 5.56 Å². The molecule has 1 aromatic heterocycles. The molecule has 0 aliphatic heterocycles. The Balaban J connectivity index is 1.69. The number of aromatic nitrogens is 1. The third-order valence-corrected chi connectivity index (χ3v) is 6.71. The highest BCUT2D eigenvalue weighted by molar-refractivity contribution is 6.22. The summed E-state index contributed by atoms with van der Waals surface area (Å²) in [6.45, 7) is 6.68. The van der Waals surface area contributed by atoms with Crippen molar-refractivity contribution >= 4 is 32.4 Å². The third kappa shape index (κ3) is 3.72. The van der Waals surface area contributed by atoms with E-state index >= 15 is 0 Å². The van der Waals surface area contributed by atoms with E-state index in [0.29, 0.717) is 0 Å². The smallest absolute Gasteiger partial charge is 0.145 e. The molecule has 0 saturated heterocycles. The molecule has 0 radical (unpaired) electrons. The standard InChI is InChI=1S/C33H27NO/c1-33(2,3)24-17-19-25(20-18-24)35-32-28-16-10-9-15-27(28)29(22-11-5-4-6-12-22)31-30(32)26-14-8-7-13-23(26)21-34-31/h4-21H,1-3H3. The molecule has 6 aromatic rings. The molecule has 0 atom stereocenters. The van der Waals surface area contributed by atoms with E-state index in [2.05, 4.69) is 124 Å². The van der Waals surface area contributed by atoms with E-state index < -0.39 is 0 Å². The summed E-state index contributed by atoms with van der Waals surface area (Å²) >= 11 is 0. The second-order valence-electron chi connectivity index (χ2n) is 10.1. The molecule has 2 nitrogen and oxygen atoms in total. The molecule has 170 valence electrons. The number of fused-ring (bicyclic) bond motifs is 4. The maximum atomic E-state index is 6.73. The van der Waals surface area contributed by atoms with Crippen LogP contribution < -0.4 is 4.74 Å². The fourth-order valence-corrected chi connectivity index (χ4v) is 4.89. The van der Waals surface area contributed by atoms with Gasteiger partial charge >= 0.3 is 0 Å². The molecule has 0 unspecified atom stereocenters. The van der Waals surface area contributed by atoms with Gasteiger partial charge in [-0.1, -0.05) is 112 Å². The van der Waals surface area contributed by atoms with Crippen molar-refractivity contribution in [2.45, 2.75) is 26.2 Å². The summed E-state index contributed by atoms with van der Waals surface area (Å²) in [5.74, 6) is 1.67. The van der Waals surface area contributed by atoms with Crippen LogP contribution in [0.15, 0.2) is 109 Å². The molecule has 0 fully saturated rings. The van der Waals surface area contributed by atoms with Crippen molar-refractivity contribution in [2.24, 2.45) is 0 Å². The fourth-order valence-electron chi connectivity index (χ4n) is 4.89. The van der Waals surface area contributed by atoms with Gasteiger partial charge in [-0.3, -0.25) is 4.98 Å². The molecule has 1 heterocycles. The predicted octanol–water partition coefficient (Wildman–Crippen LogP) is 9.30. The number of pyridine rings is 1. The van der Waals surface area contributed by atoms with E-state index in [4.69, 9.17) is 9.72 Å². The molecule has 0 aliphatic carbocycles. The van der Waals surface area contributed by atoms with Crippen molar-refractivity contribution in [3.8, 4) is 22.6 Å². The first-order valence-corrected chi connectivity index (χ1v) is 12.1. The second kappa shape index (κ2) is 8.25. The van der Waals surface area contributed by atoms with Gasteiger partial charge in [0.25, 0.3) is 0 Å². The Labute approximate surface area is 205 Å². The molecule has 0 amide bonds. The summed E-state index contributed by atoms with van der Waals surface area (Å²) in [7, 11) is 0. The molecule has 0 N–H and O–H groups in total. The van der Waals surface area contributed by atoms with E-state index in [1.807, 2.05) is 6.20 Å². The van der Waals surface area contributed by atoms with Gasteiger partial charge in [0.2, 0.25) is 0 Å². The topological polar surface area (TPSA) is 22.1 Å². The number of rotatable bonds is 3. The third-order valence-electron chi connectivity index (χ3n) is 6.71. The van der Waals surface area contributed by atoms with E-state index in [0.717, 1.165) is 55.1 Å². The van der Waals surface area contributed by atoms with Crippen molar-refractivity contribution in [3.63, 3.8) is 0 Å². The van der Waals surface area contributed by atoms with Crippen LogP contribution >= 0.6 is 0 Å². The van der Waals surface area contributed by atoms with Crippen molar-refractivity contribution in [3.05, 3.63) is 115 Å². The van der Waals surface area contributed by atoms with Crippen LogP contribution in [0.1, 0.15) is 26.3 Å². The minimum absolute atomic E-state index is 0.0926.